The number of benzene rings is 1. The van der Waals surface area contributed by atoms with E-state index in [0.717, 1.165) is 8.95 Å². The molecule has 6 heteroatoms. The first-order valence-electron chi connectivity index (χ1n) is 3.03. The van der Waals surface area contributed by atoms with Gasteiger partial charge < -0.3 is 5.21 Å². The van der Waals surface area contributed by atoms with Gasteiger partial charge in [-0.3, -0.25) is 4.63 Å². The van der Waals surface area contributed by atoms with Crippen molar-refractivity contribution in [1.29, 1.82) is 0 Å². The first-order chi connectivity index (χ1) is 5.68. The van der Waals surface area contributed by atoms with Crippen LogP contribution < -0.4 is 4.90 Å². The van der Waals surface area contributed by atoms with Crippen molar-refractivity contribution in [3.63, 3.8) is 0 Å². The van der Waals surface area contributed by atoms with Crippen molar-refractivity contribution in [3.05, 3.63) is 26.3 Å². The molecule has 0 aliphatic heterocycles. The minimum Gasteiger partial charge on any atom is -0.359 e. The molecule has 1 aromatic heterocycles. The van der Waals surface area contributed by atoms with Crippen LogP contribution in [0.15, 0.2) is 25.7 Å². The van der Waals surface area contributed by atoms with E-state index in [1.807, 2.05) is 0 Å². The molecule has 0 bridgehead atoms. The summed E-state index contributed by atoms with van der Waals surface area (Å²) in [6.45, 7) is 0. The van der Waals surface area contributed by atoms with Crippen LogP contribution in [-0.2, 0) is 0 Å². The fraction of sp³-hybridized carbons (Fsp3) is 0. The van der Waals surface area contributed by atoms with E-state index in [2.05, 4.69) is 41.6 Å². The average Bonchev–Trinajstić information content (AvgIpc) is 2.33. The van der Waals surface area contributed by atoms with Crippen LogP contribution in [-0.4, -0.2) is 5.16 Å². The van der Waals surface area contributed by atoms with Gasteiger partial charge in [-0.2, -0.15) is 0 Å². The van der Waals surface area contributed by atoms with E-state index in [1.165, 1.54) is 0 Å². The SMILES string of the molecule is [O-][n+]1onc2c(Br)cc(Br)cc21. The Bertz CT molecular complexity index is 440. The minimum absolute atomic E-state index is 0.366. The van der Waals surface area contributed by atoms with Crippen molar-refractivity contribution in [2.24, 2.45) is 0 Å². The molecule has 0 spiro atoms. The molecule has 0 aliphatic rings. The fourth-order valence-electron chi connectivity index (χ4n) is 0.904. The Morgan fingerprint density at radius 3 is 2.92 bits per heavy atom. The lowest BCUT2D eigenvalue weighted by atomic mass is 10.3. The maximum atomic E-state index is 10.9. The van der Waals surface area contributed by atoms with Crippen LogP contribution in [0.2, 0.25) is 0 Å². The van der Waals surface area contributed by atoms with E-state index in [0.29, 0.717) is 15.9 Å². The lowest BCUT2D eigenvalue weighted by Gasteiger charge is -1.90. The summed E-state index contributed by atoms with van der Waals surface area (Å²) in [6, 6.07) is 3.44. The van der Waals surface area contributed by atoms with E-state index >= 15 is 0 Å². The Morgan fingerprint density at radius 2 is 2.17 bits per heavy atom. The van der Waals surface area contributed by atoms with Gasteiger partial charge in [0.15, 0.2) is 0 Å². The zero-order chi connectivity index (χ0) is 8.72. The summed E-state index contributed by atoms with van der Waals surface area (Å²) in [6.07, 6.45) is 0. The van der Waals surface area contributed by atoms with E-state index in [9.17, 15) is 5.21 Å². The predicted octanol–water partition coefficient (Wildman–Crippen LogP) is 1.99. The van der Waals surface area contributed by atoms with Crippen LogP contribution in [0.4, 0.5) is 0 Å². The number of hydrogen-bond donors (Lipinski definition) is 0. The summed E-state index contributed by atoms with van der Waals surface area (Å²) in [5.74, 6) is 0. The van der Waals surface area contributed by atoms with Crippen molar-refractivity contribution >= 4 is 42.9 Å². The first kappa shape index (κ1) is 8.00. The highest BCUT2D eigenvalue weighted by atomic mass is 79.9. The maximum absolute atomic E-state index is 10.9. The third-order valence-corrected chi connectivity index (χ3v) is 2.47. The van der Waals surface area contributed by atoms with Crippen LogP contribution in [0.25, 0.3) is 11.0 Å². The van der Waals surface area contributed by atoms with Gasteiger partial charge in [-0.15, -0.1) is 0 Å². The average molecular weight is 294 g/mol. The van der Waals surface area contributed by atoms with Gasteiger partial charge in [0.2, 0.25) is 5.52 Å². The Morgan fingerprint density at radius 1 is 1.42 bits per heavy atom. The van der Waals surface area contributed by atoms with Gasteiger partial charge in [-0.1, -0.05) is 15.9 Å². The molecule has 0 radical (unpaired) electrons. The Balaban J connectivity index is 2.92. The topological polar surface area (TPSA) is 53.0 Å². The van der Waals surface area contributed by atoms with Crippen LogP contribution in [0.5, 0.6) is 0 Å². The molecule has 2 aromatic rings. The quantitative estimate of drug-likeness (QED) is 0.698. The Labute approximate surface area is 83.9 Å². The monoisotopic (exact) mass is 292 g/mol. The standard InChI is InChI=1S/C6H2Br2N2O2/c7-3-1-4(8)6-5(2-3)10(11)12-9-6/h1-2H. The van der Waals surface area contributed by atoms with Gasteiger partial charge in [-0.25, -0.2) is 0 Å². The summed E-state index contributed by atoms with van der Waals surface area (Å²) in [4.78, 5) is 0.366. The molecule has 12 heavy (non-hydrogen) atoms. The normalized spacial score (nSPS) is 10.8. The zero-order valence-electron chi connectivity index (χ0n) is 5.62. The molecule has 0 aliphatic carbocycles. The second-order valence-electron chi connectivity index (χ2n) is 2.19. The van der Waals surface area contributed by atoms with Gasteiger partial charge in [-0.05, 0) is 26.9 Å². The largest absolute Gasteiger partial charge is 0.359 e. The van der Waals surface area contributed by atoms with Crippen LogP contribution in [0.3, 0.4) is 0 Å². The molecule has 4 nitrogen and oxygen atoms in total. The number of aromatic nitrogens is 2. The molecule has 0 fully saturated rings. The highest BCUT2D eigenvalue weighted by Gasteiger charge is 2.13. The molecular formula is C6H2Br2N2O2. The molecular weight excluding hydrogens is 292 g/mol. The summed E-state index contributed by atoms with van der Waals surface area (Å²) < 4.78 is 5.94. The molecule has 62 valence electrons. The molecule has 0 atom stereocenters. The number of fused-ring (bicyclic) bond motifs is 1. The summed E-state index contributed by atoms with van der Waals surface area (Å²) in [7, 11) is 0. The van der Waals surface area contributed by atoms with Gasteiger partial charge in [0.1, 0.15) is 0 Å². The fourth-order valence-corrected chi connectivity index (χ4v) is 2.18. The third kappa shape index (κ3) is 1.11. The van der Waals surface area contributed by atoms with Crippen LogP contribution in [0, 0.1) is 5.21 Å². The number of hydrogen-bond acceptors (Lipinski definition) is 3. The summed E-state index contributed by atoms with van der Waals surface area (Å²) in [5, 5.41) is 14.5. The minimum atomic E-state index is 0.366. The Kier molecular flexibility index (Phi) is 1.80. The second-order valence-corrected chi connectivity index (χ2v) is 3.96. The predicted molar refractivity (Wildman–Crippen MR) is 48.4 cm³/mol. The number of rotatable bonds is 0. The number of halogens is 2. The van der Waals surface area contributed by atoms with Crippen molar-refractivity contribution in [2.75, 3.05) is 0 Å². The molecule has 2 rings (SSSR count). The highest BCUT2D eigenvalue weighted by Crippen LogP contribution is 2.24. The molecule has 0 unspecified atom stereocenters. The van der Waals surface area contributed by atoms with Crippen molar-refractivity contribution in [3.8, 4) is 0 Å². The lowest BCUT2D eigenvalue weighted by molar-refractivity contribution is -0.782. The third-order valence-electron chi connectivity index (χ3n) is 1.41. The van der Waals surface area contributed by atoms with E-state index in [-0.39, 0.29) is 0 Å². The van der Waals surface area contributed by atoms with Gasteiger partial charge in [0.05, 0.1) is 4.47 Å². The van der Waals surface area contributed by atoms with Crippen molar-refractivity contribution in [2.45, 2.75) is 0 Å². The number of nitrogens with zero attached hydrogens (tertiary/aromatic N) is 2. The first-order valence-corrected chi connectivity index (χ1v) is 4.61. The van der Waals surface area contributed by atoms with Gasteiger partial charge >= 0.3 is 0 Å². The van der Waals surface area contributed by atoms with Gasteiger partial charge in [0, 0.05) is 15.7 Å². The smallest absolute Gasteiger partial charge is 0.262 e. The van der Waals surface area contributed by atoms with Crippen LogP contribution >= 0.6 is 31.9 Å². The second kappa shape index (κ2) is 2.70. The Hall–Kier alpha value is -0.620. The maximum Gasteiger partial charge on any atom is 0.262 e. The summed E-state index contributed by atoms with van der Waals surface area (Å²) >= 11 is 6.51. The van der Waals surface area contributed by atoms with E-state index < -0.39 is 0 Å². The van der Waals surface area contributed by atoms with E-state index in [1.54, 1.807) is 12.1 Å². The zero-order valence-corrected chi connectivity index (χ0v) is 8.79. The summed E-state index contributed by atoms with van der Waals surface area (Å²) in [5.41, 5.74) is 0.921. The molecule has 0 saturated carbocycles. The molecule has 1 heterocycles. The van der Waals surface area contributed by atoms with Crippen molar-refractivity contribution in [1.82, 2.24) is 5.16 Å². The van der Waals surface area contributed by atoms with E-state index in [4.69, 9.17) is 0 Å². The van der Waals surface area contributed by atoms with Crippen molar-refractivity contribution < 1.29 is 9.53 Å². The lowest BCUT2D eigenvalue weighted by Crippen LogP contribution is -2.22. The molecule has 0 amide bonds. The molecule has 0 saturated heterocycles. The highest BCUT2D eigenvalue weighted by molar-refractivity contribution is 9.11. The molecule has 0 N–H and O–H groups in total. The van der Waals surface area contributed by atoms with Gasteiger partial charge in [0.25, 0.3) is 5.52 Å². The molecule has 1 aromatic carbocycles. The van der Waals surface area contributed by atoms with Crippen LogP contribution in [0.1, 0.15) is 0 Å².